The van der Waals surface area contributed by atoms with Crippen LogP contribution in [0.2, 0.25) is 0 Å². The number of aliphatic hydroxyl groups excluding tert-OH is 1. The molecule has 1 rings (SSSR count). The van der Waals surface area contributed by atoms with E-state index in [0.29, 0.717) is 6.42 Å². The smallest absolute Gasteiger partial charge is 0.324 e. The van der Waals surface area contributed by atoms with E-state index in [1.54, 1.807) is 6.07 Å². The van der Waals surface area contributed by atoms with Gasteiger partial charge in [0.25, 0.3) is 0 Å². The Kier molecular flexibility index (Phi) is 3.19. The average Bonchev–Trinajstić information content (AvgIpc) is 2.48. The number of thiophene rings is 1. The van der Waals surface area contributed by atoms with Gasteiger partial charge < -0.3 is 5.11 Å². The number of aliphatic hydroxyl groups is 1. The molecule has 0 saturated heterocycles. The minimum atomic E-state index is -0.396. The van der Waals surface area contributed by atoms with Crippen molar-refractivity contribution in [1.82, 2.24) is 0 Å². The first-order valence-electron chi connectivity index (χ1n) is 3.58. The van der Waals surface area contributed by atoms with Crippen LogP contribution >= 0.6 is 11.3 Å². The summed E-state index contributed by atoms with van der Waals surface area (Å²) in [5, 5.41) is 18.9. The van der Waals surface area contributed by atoms with Crippen LogP contribution in [0.4, 0.5) is 5.00 Å². The summed E-state index contributed by atoms with van der Waals surface area (Å²) in [6, 6.07) is 3.23. The molecule has 0 saturated carbocycles. The molecule has 0 radical (unpaired) electrons. The van der Waals surface area contributed by atoms with Crippen LogP contribution in [0.25, 0.3) is 0 Å². The fourth-order valence-corrected chi connectivity index (χ4v) is 1.71. The molecular formula is C7H9NO3S. The summed E-state index contributed by atoms with van der Waals surface area (Å²) in [4.78, 5) is 10.8. The molecule has 0 spiro atoms. The first-order chi connectivity index (χ1) is 5.74. The van der Waals surface area contributed by atoms with Crippen LogP contribution < -0.4 is 0 Å². The first-order valence-corrected chi connectivity index (χ1v) is 4.39. The van der Waals surface area contributed by atoms with E-state index in [1.165, 1.54) is 17.4 Å². The van der Waals surface area contributed by atoms with Crippen LogP contribution in [0.15, 0.2) is 12.1 Å². The van der Waals surface area contributed by atoms with E-state index in [9.17, 15) is 10.1 Å². The van der Waals surface area contributed by atoms with Crippen LogP contribution in [0, 0.1) is 10.1 Å². The molecule has 0 amide bonds. The van der Waals surface area contributed by atoms with Crippen LogP contribution in [-0.4, -0.2) is 16.6 Å². The second-order valence-corrected chi connectivity index (χ2v) is 3.47. The zero-order valence-corrected chi connectivity index (χ0v) is 7.21. The van der Waals surface area contributed by atoms with Crippen molar-refractivity contribution in [3.63, 3.8) is 0 Å². The molecule has 66 valence electrons. The molecule has 0 atom stereocenters. The summed E-state index contributed by atoms with van der Waals surface area (Å²) in [6.45, 7) is 0.131. The zero-order chi connectivity index (χ0) is 8.97. The van der Waals surface area contributed by atoms with Crippen LogP contribution in [0.1, 0.15) is 11.3 Å². The molecule has 1 aromatic heterocycles. The Hall–Kier alpha value is -0.940. The maximum Gasteiger partial charge on any atom is 0.324 e. The van der Waals surface area contributed by atoms with Gasteiger partial charge in [0.2, 0.25) is 0 Å². The van der Waals surface area contributed by atoms with Gasteiger partial charge in [-0.3, -0.25) is 10.1 Å². The molecule has 0 unspecified atom stereocenters. The van der Waals surface area contributed by atoms with E-state index in [2.05, 4.69) is 0 Å². The zero-order valence-electron chi connectivity index (χ0n) is 6.40. The van der Waals surface area contributed by atoms with E-state index in [0.717, 1.165) is 11.3 Å². The van der Waals surface area contributed by atoms with Gasteiger partial charge >= 0.3 is 5.00 Å². The lowest BCUT2D eigenvalue weighted by Crippen LogP contribution is -1.85. The molecule has 1 heterocycles. The van der Waals surface area contributed by atoms with Gasteiger partial charge in [0.15, 0.2) is 0 Å². The first kappa shape index (κ1) is 9.15. The molecule has 0 aliphatic carbocycles. The minimum absolute atomic E-state index is 0.131. The third-order valence-electron chi connectivity index (χ3n) is 1.41. The molecule has 1 aromatic rings. The number of aryl methyl sites for hydroxylation is 1. The van der Waals surface area contributed by atoms with Gasteiger partial charge in [-0.1, -0.05) is 11.3 Å². The Morgan fingerprint density at radius 1 is 1.58 bits per heavy atom. The van der Waals surface area contributed by atoms with Gasteiger partial charge in [-0.2, -0.15) is 0 Å². The lowest BCUT2D eigenvalue weighted by Gasteiger charge is -1.90. The van der Waals surface area contributed by atoms with Crippen LogP contribution in [0.3, 0.4) is 0 Å². The number of hydrogen-bond donors (Lipinski definition) is 1. The topological polar surface area (TPSA) is 63.4 Å². The van der Waals surface area contributed by atoms with Crippen molar-refractivity contribution in [2.75, 3.05) is 6.61 Å². The minimum Gasteiger partial charge on any atom is -0.396 e. The summed E-state index contributed by atoms with van der Waals surface area (Å²) in [5.41, 5.74) is 0. The summed E-state index contributed by atoms with van der Waals surface area (Å²) >= 11 is 1.17. The SMILES string of the molecule is O=[N+]([O-])c1ccc(CCCO)s1. The molecule has 0 fully saturated rings. The highest BCUT2D eigenvalue weighted by atomic mass is 32.1. The van der Waals surface area contributed by atoms with Gasteiger partial charge in [0.05, 0.1) is 4.92 Å². The van der Waals surface area contributed by atoms with Gasteiger partial charge in [-0.25, -0.2) is 0 Å². The molecule has 0 aliphatic heterocycles. The van der Waals surface area contributed by atoms with E-state index < -0.39 is 4.92 Å². The van der Waals surface area contributed by atoms with Crippen molar-refractivity contribution in [2.24, 2.45) is 0 Å². The van der Waals surface area contributed by atoms with Crippen molar-refractivity contribution in [3.05, 3.63) is 27.1 Å². The lowest BCUT2D eigenvalue weighted by molar-refractivity contribution is -0.380. The molecular weight excluding hydrogens is 178 g/mol. The summed E-state index contributed by atoms with van der Waals surface area (Å²) < 4.78 is 0. The second kappa shape index (κ2) is 4.18. The molecule has 1 N–H and O–H groups in total. The summed E-state index contributed by atoms with van der Waals surface area (Å²) in [5.74, 6) is 0. The molecule has 0 aliphatic rings. The number of hydrogen-bond acceptors (Lipinski definition) is 4. The number of nitrogens with zero attached hydrogens (tertiary/aromatic N) is 1. The fourth-order valence-electron chi connectivity index (χ4n) is 0.852. The summed E-state index contributed by atoms with van der Waals surface area (Å²) in [6.07, 6.45) is 1.38. The highest BCUT2D eigenvalue weighted by Crippen LogP contribution is 2.24. The predicted molar refractivity (Wildman–Crippen MR) is 46.4 cm³/mol. The third-order valence-corrected chi connectivity index (χ3v) is 2.51. The van der Waals surface area contributed by atoms with Gasteiger partial charge in [-0.05, 0) is 18.9 Å². The maximum absolute atomic E-state index is 10.3. The highest BCUT2D eigenvalue weighted by molar-refractivity contribution is 7.15. The molecule has 4 nitrogen and oxygen atoms in total. The molecule has 12 heavy (non-hydrogen) atoms. The quantitative estimate of drug-likeness (QED) is 0.575. The number of nitro groups is 1. The van der Waals surface area contributed by atoms with Crippen molar-refractivity contribution < 1.29 is 10.0 Å². The molecule has 5 heteroatoms. The van der Waals surface area contributed by atoms with Crippen molar-refractivity contribution in [2.45, 2.75) is 12.8 Å². The fraction of sp³-hybridized carbons (Fsp3) is 0.429. The van der Waals surface area contributed by atoms with E-state index in [1.807, 2.05) is 0 Å². The van der Waals surface area contributed by atoms with Crippen LogP contribution in [0.5, 0.6) is 0 Å². The Balaban J connectivity index is 2.58. The Morgan fingerprint density at radius 3 is 2.83 bits per heavy atom. The summed E-state index contributed by atoms with van der Waals surface area (Å²) in [7, 11) is 0. The van der Waals surface area contributed by atoms with E-state index in [4.69, 9.17) is 5.11 Å². The largest absolute Gasteiger partial charge is 0.396 e. The van der Waals surface area contributed by atoms with Gasteiger partial charge in [0, 0.05) is 17.6 Å². The van der Waals surface area contributed by atoms with Gasteiger partial charge in [0.1, 0.15) is 0 Å². The third kappa shape index (κ3) is 2.28. The van der Waals surface area contributed by atoms with Crippen molar-refractivity contribution >= 4 is 16.3 Å². The lowest BCUT2D eigenvalue weighted by atomic mass is 10.3. The average molecular weight is 187 g/mol. The molecule has 0 bridgehead atoms. The van der Waals surface area contributed by atoms with Crippen molar-refractivity contribution in [1.29, 1.82) is 0 Å². The van der Waals surface area contributed by atoms with Crippen molar-refractivity contribution in [3.8, 4) is 0 Å². The Labute approximate surface area is 73.6 Å². The van der Waals surface area contributed by atoms with Gasteiger partial charge in [-0.15, -0.1) is 0 Å². The standard InChI is InChI=1S/C7H9NO3S/c9-5-1-2-6-3-4-7(12-6)8(10)11/h3-4,9H,1-2,5H2. The number of rotatable bonds is 4. The highest BCUT2D eigenvalue weighted by Gasteiger charge is 2.08. The predicted octanol–water partition coefficient (Wildman–Crippen LogP) is 1.58. The maximum atomic E-state index is 10.3. The Bertz CT molecular complexity index is 271. The second-order valence-electron chi connectivity index (χ2n) is 2.32. The van der Waals surface area contributed by atoms with E-state index in [-0.39, 0.29) is 11.6 Å². The van der Waals surface area contributed by atoms with Crippen LogP contribution in [-0.2, 0) is 6.42 Å². The Morgan fingerprint density at radius 2 is 2.33 bits per heavy atom. The van der Waals surface area contributed by atoms with E-state index >= 15 is 0 Å². The monoisotopic (exact) mass is 187 g/mol. The normalized spacial score (nSPS) is 10.1. The molecule has 0 aromatic carbocycles.